The number of benzene rings is 2. The van der Waals surface area contributed by atoms with Crippen LogP contribution >= 0.6 is 10.2 Å². The van der Waals surface area contributed by atoms with Gasteiger partial charge >= 0.3 is 0 Å². The van der Waals surface area contributed by atoms with Crippen molar-refractivity contribution in [2.75, 3.05) is 31.7 Å². The number of hydrogen-bond acceptors (Lipinski definition) is 4. The molecule has 0 saturated carbocycles. The summed E-state index contributed by atoms with van der Waals surface area (Å²) in [5.74, 6) is 0.734. The van der Waals surface area contributed by atoms with E-state index in [1.165, 1.54) is 17.7 Å². The summed E-state index contributed by atoms with van der Waals surface area (Å²) in [5.41, 5.74) is 3.27. The standard InChI is InChI=1S/C24H30FN3O2S/c1-31(26)13-11-27-20-14-21(30-15-22(20)31)24(29)28-12-10-16-4-2-3-5-19(16)23(28)17-6-8-18(25)9-7-17/h2-9,20-23,27H,10-15,26H2,1H3/t20?,21-,22?,23+/m1/s1. The summed E-state index contributed by atoms with van der Waals surface area (Å²) < 4.78 is 19.7. The number of rotatable bonds is 2. The smallest absolute Gasteiger partial charge is 0.252 e. The maximum Gasteiger partial charge on any atom is 0.252 e. The van der Waals surface area contributed by atoms with Crippen molar-refractivity contribution in [2.24, 2.45) is 5.14 Å². The van der Waals surface area contributed by atoms with Crippen LogP contribution in [-0.4, -0.2) is 59.9 Å². The zero-order valence-electron chi connectivity index (χ0n) is 17.8. The van der Waals surface area contributed by atoms with Crippen molar-refractivity contribution in [3.05, 3.63) is 71.0 Å². The molecule has 1 amide bonds. The van der Waals surface area contributed by atoms with Crippen LogP contribution < -0.4 is 10.5 Å². The van der Waals surface area contributed by atoms with E-state index in [0.29, 0.717) is 24.8 Å². The van der Waals surface area contributed by atoms with E-state index in [-0.39, 0.29) is 23.8 Å². The molecule has 2 aromatic rings. The molecule has 5 nitrogen and oxygen atoms in total. The summed E-state index contributed by atoms with van der Waals surface area (Å²) in [6.45, 7) is 2.06. The van der Waals surface area contributed by atoms with Crippen LogP contribution in [0.5, 0.6) is 0 Å². The molecule has 0 bridgehead atoms. The van der Waals surface area contributed by atoms with Crippen molar-refractivity contribution in [2.45, 2.75) is 36.3 Å². The number of ether oxygens (including phenoxy) is 1. The van der Waals surface area contributed by atoms with Gasteiger partial charge in [-0.15, -0.1) is 0 Å². The maximum atomic E-state index is 13.7. The molecule has 3 N–H and O–H groups in total. The predicted octanol–water partition coefficient (Wildman–Crippen LogP) is 2.74. The van der Waals surface area contributed by atoms with E-state index in [1.807, 2.05) is 17.0 Å². The van der Waals surface area contributed by atoms with Crippen LogP contribution in [0.4, 0.5) is 4.39 Å². The Morgan fingerprint density at radius 3 is 2.81 bits per heavy atom. The Hall–Kier alpha value is -1.93. The first-order valence-electron chi connectivity index (χ1n) is 11.0. The lowest BCUT2D eigenvalue weighted by Crippen LogP contribution is -2.60. The largest absolute Gasteiger partial charge is 0.367 e. The Balaban J connectivity index is 1.43. The SMILES string of the molecule is CS1(N)CCNC2C[C@H](C(=O)N3CCc4ccccc4[C@@H]3c3ccc(F)cc3)OCC21. The quantitative estimate of drug-likeness (QED) is 0.749. The highest BCUT2D eigenvalue weighted by atomic mass is 32.3. The first kappa shape index (κ1) is 20.9. The fourth-order valence-corrected chi connectivity index (χ4v) is 7.51. The van der Waals surface area contributed by atoms with Gasteiger partial charge in [-0.1, -0.05) is 36.4 Å². The molecule has 3 aliphatic heterocycles. The summed E-state index contributed by atoms with van der Waals surface area (Å²) in [6.07, 6.45) is 3.15. The molecule has 2 fully saturated rings. The lowest BCUT2D eigenvalue weighted by molar-refractivity contribution is -0.149. The fraction of sp³-hybridized carbons (Fsp3) is 0.458. The Morgan fingerprint density at radius 2 is 2.00 bits per heavy atom. The van der Waals surface area contributed by atoms with Gasteiger partial charge in [-0.25, -0.2) is 4.39 Å². The minimum Gasteiger partial charge on any atom is -0.367 e. The average molecular weight is 444 g/mol. The van der Waals surface area contributed by atoms with Crippen molar-refractivity contribution in [3.63, 3.8) is 0 Å². The number of amides is 1. The van der Waals surface area contributed by atoms with E-state index >= 15 is 0 Å². The minimum atomic E-state index is -1.20. The molecule has 0 radical (unpaired) electrons. The zero-order valence-corrected chi connectivity index (χ0v) is 18.6. The molecule has 0 spiro atoms. The van der Waals surface area contributed by atoms with E-state index < -0.39 is 16.3 Å². The van der Waals surface area contributed by atoms with Gasteiger partial charge in [0.25, 0.3) is 5.91 Å². The molecule has 5 atom stereocenters. The van der Waals surface area contributed by atoms with Crippen LogP contribution in [0.15, 0.2) is 48.5 Å². The molecular weight excluding hydrogens is 413 g/mol. The van der Waals surface area contributed by atoms with E-state index in [9.17, 15) is 9.18 Å². The third-order valence-electron chi connectivity index (χ3n) is 7.05. The van der Waals surface area contributed by atoms with Crippen molar-refractivity contribution < 1.29 is 13.9 Å². The Bertz CT molecular complexity index is 968. The maximum absolute atomic E-state index is 13.7. The molecule has 0 aromatic heterocycles. The van der Waals surface area contributed by atoms with Crippen LogP contribution in [0.2, 0.25) is 0 Å². The Morgan fingerprint density at radius 1 is 1.23 bits per heavy atom. The second-order valence-corrected chi connectivity index (χ2v) is 12.5. The molecule has 3 unspecified atom stereocenters. The lowest BCUT2D eigenvalue weighted by Gasteiger charge is -2.51. The molecule has 166 valence electrons. The number of nitrogens with zero attached hydrogens (tertiary/aromatic N) is 1. The van der Waals surface area contributed by atoms with Gasteiger partial charge in [0.15, 0.2) is 0 Å². The summed E-state index contributed by atoms with van der Waals surface area (Å²) in [5, 5.41) is 10.5. The molecule has 5 rings (SSSR count). The van der Waals surface area contributed by atoms with Gasteiger partial charge in [0.1, 0.15) is 11.9 Å². The van der Waals surface area contributed by atoms with Gasteiger partial charge in [0.05, 0.1) is 12.6 Å². The third-order valence-corrected chi connectivity index (χ3v) is 9.98. The van der Waals surface area contributed by atoms with Crippen LogP contribution in [0.1, 0.15) is 29.2 Å². The summed E-state index contributed by atoms with van der Waals surface area (Å²) in [6, 6.07) is 14.7. The van der Waals surface area contributed by atoms with Crippen LogP contribution in [-0.2, 0) is 16.0 Å². The van der Waals surface area contributed by atoms with Gasteiger partial charge in [-0.3, -0.25) is 9.93 Å². The molecule has 0 aliphatic carbocycles. The van der Waals surface area contributed by atoms with Gasteiger partial charge in [0.2, 0.25) is 0 Å². The normalized spacial score (nSPS) is 34.9. The second-order valence-electron chi connectivity index (χ2n) is 9.02. The van der Waals surface area contributed by atoms with Gasteiger partial charge < -0.3 is 15.0 Å². The zero-order chi connectivity index (χ0) is 21.6. The van der Waals surface area contributed by atoms with Gasteiger partial charge in [0, 0.05) is 30.1 Å². The van der Waals surface area contributed by atoms with Crippen LogP contribution in [0.3, 0.4) is 0 Å². The molecule has 3 aliphatic rings. The highest BCUT2D eigenvalue weighted by Gasteiger charge is 2.45. The van der Waals surface area contributed by atoms with E-state index in [1.54, 1.807) is 12.1 Å². The summed E-state index contributed by atoms with van der Waals surface area (Å²) in [7, 11) is -1.20. The number of halogens is 1. The van der Waals surface area contributed by atoms with Crippen LogP contribution in [0.25, 0.3) is 0 Å². The van der Waals surface area contributed by atoms with Crippen LogP contribution in [0, 0.1) is 5.82 Å². The summed E-state index contributed by atoms with van der Waals surface area (Å²) >= 11 is 0. The fourth-order valence-electron chi connectivity index (χ4n) is 5.30. The Labute approximate surface area is 184 Å². The highest BCUT2D eigenvalue weighted by Crippen LogP contribution is 2.47. The minimum absolute atomic E-state index is 0.0170. The molecular formula is C24H30FN3O2S. The first-order valence-corrected chi connectivity index (χ1v) is 13.3. The van der Waals surface area contributed by atoms with Gasteiger partial charge in [-0.05, 0) is 47.9 Å². The van der Waals surface area contributed by atoms with Crippen molar-refractivity contribution in [1.29, 1.82) is 0 Å². The number of carbonyl (C=O) groups excluding carboxylic acids is 1. The molecule has 7 heteroatoms. The molecule has 2 aromatic carbocycles. The molecule has 3 heterocycles. The van der Waals surface area contributed by atoms with Gasteiger partial charge in [-0.2, -0.15) is 10.2 Å². The van der Waals surface area contributed by atoms with E-state index in [4.69, 9.17) is 9.88 Å². The van der Waals surface area contributed by atoms with Crippen molar-refractivity contribution in [1.82, 2.24) is 10.2 Å². The van der Waals surface area contributed by atoms with E-state index in [2.05, 4.69) is 23.7 Å². The number of nitrogens with one attached hydrogen (secondary N) is 1. The second kappa shape index (κ2) is 8.20. The molecule has 31 heavy (non-hydrogen) atoms. The van der Waals surface area contributed by atoms with Crippen molar-refractivity contribution in [3.8, 4) is 0 Å². The first-order chi connectivity index (χ1) is 14.9. The lowest BCUT2D eigenvalue weighted by atomic mass is 9.87. The van der Waals surface area contributed by atoms with E-state index in [0.717, 1.165) is 29.8 Å². The number of hydrogen-bond donors (Lipinski definition) is 2. The third kappa shape index (κ3) is 3.89. The topological polar surface area (TPSA) is 67.6 Å². The van der Waals surface area contributed by atoms with Crippen molar-refractivity contribution >= 4 is 16.1 Å². The number of fused-ring (bicyclic) bond motifs is 2. The average Bonchev–Trinajstić information content (AvgIpc) is 2.78. The number of carbonyl (C=O) groups is 1. The highest BCUT2D eigenvalue weighted by molar-refractivity contribution is 8.32. The molecule has 2 saturated heterocycles. The predicted molar refractivity (Wildman–Crippen MR) is 123 cm³/mol. The number of nitrogens with two attached hydrogens (primary N) is 1. The monoisotopic (exact) mass is 443 g/mol. The summed E-state index contributed by atoms with van der Waals surface area (Å²) in [4.78, 5) is 15.7. The Kier molecular flexibility index (Phi) is 5.54.